The minimum absolute atomic E-state index is 0. The highest BCUT2D eigenvalue weighted by atomic mass is 35.5. The second kappa shape index (κ2) is 11.1. The van der Waals surface area contributed by atoms with Crippen LogP contribution >= 0.6 is 12.4 Å². The van der Waals surface area contributed by atoms with Gasteiger partial charge in [-0.15, -0.1) is 12.4 Å². The first kappa shape index (κ1) is 21.5. The second-order valence-corrected chi connectivity index (χ2v) is 6.66. The third-order valence-corrected chi connectivity index (χ3v) is 4.66. The first-order valence-corrected chi connectivity index (χ1v) is 8.88. The third-order valence-electron chi connectivity index (χ3n) is 4.66. The fourth-order valence-electron chi connectivity index (χ4n) is 3.16. The summed E-state index contributed by atoms with van der Waals surface area (Å²) >= 11 is 0. The van der Waals surface area contributed by atoms with E-state index in [9.17, 15) is 9.59 Å². The Morgan fingerprint density at radius 1 is 1.20 bits per heavy atom. The van der Waals surface area contributed by atoms with Crippen molar-refractivity contribution in [3.63, 3.8) is 0 Å². The molecule has 25 heavy (non-hydrogen) atoms. The topological polar surface area (TPSA) is 61.4 Å². The van der Waals surface area contributed by atoms with Crippen LogP contribution < -0.4 is 10.6 Å². The summed E-state index contributed by atoms with van der Waals surface area (Å²) in [6, 6.07) is 8.95. The molecule has 140 valence electrons. The molecular formula is C19H30ClN3O2. The number of amides is 2. The minimum Gasteiger partial charge on any atom is -0.349 e. The summed E-state index contributed by atoms with van der Waals surface area (Å²) in [4.78, 5) is 26.5. The number of rotatable bonds is 7. The van der Waals surface area contributed by atoms with E-state index in [0.29, 0.717) is 12.0 Å². The van der Waals surface area contributed by atoms with Crippen LogP contribution in [0.1, 0.15) is 43.0 Å². The van der Waals surface area contributed by atoms with Gasteiger partial charge in [0, 0.05) is 31.1 Å². The highest BCUT2D eigenvalue weighted by Crippen LogP contribution is 2.20. The van der Waals surface area contributed by atoms with Crippen LogP contribution in [0, 0.1) is 5.92 Å². The molecular weight excluding hydrogens is 338 g/mol. The van der Waals surface area contributed by atoms with E-state index >= 15 is 0 Å². The number of nitrogens with one attached hydrogen (secondary N) is 2. The van der Waals surface area contributed by atoms with Gasteiger partial charge in [0.1, 0.15) is 0 Å². The summed E-state index contributed by atoms with van der Waals surface area (Å²) in [7, 11) is 1.98. The predicted octanol–water partition coefficient (Wildman–Crippen LogP) is 2.46. The summed E-state index contributed by atoms with van der Waals surface area (Å²) in [5.74, 6) is 0.737. The van der Waals surface area contributed by atoms with Crippen molar-refractivity contribution >= 4 is 24.2 Å². The van der Waals surface area contributed by atoms with Crippen LogP contribution in [0.5, 0.6) is 0 Å². The molecule has 5 nitrogen and oxygen atoms in total. The number of hydrogen-bond acceptors (Lipinski definition) is 3. The van der Waals surface area contributed by atoms with Crippen molar-refractivity contribution in [3.8, 4) is 0 Å². The number of halogens is 1. The summed E-state index contributed by atoms with van der Waals surface area (Å²) in [5.41, 5.74) is 0.627. The number of piperidine rings is 1. The Kier molecular flexibility index (Phi) is 9.53. The molecule has 1 aliphatic heterocycles. The Balaban J connectivity index is 0.00000312. The fourth-order valence-corrected chi connectivity index (χ4v) is 3.16. The van der Waals surface area contributed by atoms with Gasteiger partial charge in [-0.05, 0) is 57.8 Å². The minimum atomic E-state index is -0.160. The molecule has 1 fully saturated rings. The molecule has 2 rings (SSSR count). The Morgan fingerprint density at radius 3 is 2.44 bits per heavy atom. The fraction of sp³-hybridized carbons (Fsp3) is 0.579. The Bertz CT molecular complexity index is 531. The number of hydrogen-bond donors (Lipinski definition) is 2. The van der Waals surface area contributed by atoms with Gasteiger partial charge in [0.15, 0.2) is 0 Å². The Hall–Kier alpha value is -1.59. The molecule has 1 aliphatic rings. The first-order valence-electron chi connectivity index (χ1n) is 8.88. The molecule has 0 saturated carbocycles. The van der Waals surface area contributed by atoms with Crippen LogP contribution in [0.15, 0.2) is 30.3 Å². The molecule has 1 aromatic rings. The maximum atomic E-state index is 12.4. The number of carbonyl (C=O) groups excluding carboxylic acids is 2. The van der Waals surface area contributed by atoms with Gasteiger partial charge in [0.25, 0.3) is 5.91 Å². The smallest absolute Gasteiger partial charge is 0.251 e. The van der Waals surface area contributed by atoms with E-state index < -0.39 is 0 Å². The molecule has 0 radical (unpaired) electrons. The van der Waals surface area contributed by atoms with Gasteiger partial charge in [-0.1, -0.05) is 18.2 Å². The van der Waals surface area contributed by atoms with Crippen molar-refractivity contribution in [1.29, 1.82) is 0 Å². The molecule has 1 saturated heterocycles. The van der Waals surface area contributed by atoms with Crippen LogP contribution in [0.3, 0.4) is 0 Å². The van der Waals surface area contributed by atoms with Crippen LogP contribution in [-0.2, 0) is 4.79 Å². The van der Waals surface area contributed by atoms with E-state index in [4.69, 9.17) is 0 Å². The summed E-state index contributed by atoms with van der Waals surface area (Å²) in [6.07, 6.45) is 3.71. The van der Waals surface area contributed by atoms with Crippen molar-refractivity contribution in [2.45, 2.75) is 38.6 Å². The maximum Gasteiger partial charge on any atom is 0.251 e. The molecule has 1 atom stereocenters. The molecule has 2 N–H and O–H groups in total. The summed E-state index contributed by atoms with van der Waals surface area (Å²) in [6.45, 7) is 4.61. The van der Waals surface area contributed by atoms with E-state index in [1.54, 1.807) is 12.1 Å². The highest BCUT2D eigenvalue weighted by Gasteiger charge is 2.24. The zero-order chi connectivity index (χ0) is 17.4. The van der Waals surface area contributed by atoms with Crippen molar-refractivity contribution in [2.75, 3.05) is 26.7 Å². The van der Waals surface area contributed by atoms with Crippen LogP contribution in [0.25, 0.3) is 0 Å². The third kappa shape index (κ3) is 7.04. The lowest BCUT2D eigenvalue weighted by Crippen LogP contribution is -2.42. The van der Waals surface area contributed by atoms with Crippen molar-refractivity contribution < 1.29 is 9.59 Å². The molecule has 6 heteroatoms. The van der Waals surface area contributed by atoms with Crippen molar-refractivity contribution in [1.82, 2.24) is 15.5 Å². The van der Waals surface area contributed by atoms with Gasteiger partial charge in [-0.2, -0.15) is 0 Å². The van der Waals surface area contributed by atoms with E-state index in [1.165, 1.54) is 6.42 Å². The molecule has 0 bridgehead atoms. The second-order valence-electron chi connectivity index (χ2n) is 6.66. The number of carbonyl (C=O) groups is 2. The van der Waals surface area contributed by atoms with E-state index in [0.717, 1.165) is 38.4 Å². The van der Waals surface area contributed by atoms with Gasteiger partial charge in [0.05, 0.1) is 0 Å². The molecule has 1 aromatic carbocycles. The Morgan fingerprint density at radius 2 is 1.84 bits per heavy atom. The first-order chi connectivity index (χ1) is 11.6. The molecule has 2 amide bonds. The Labute approximate surface area is 157 Å². The van der Waals surface area contributed by atoms with E-state index in [-0.39, 0.29) is 30.3 Å². The van der Waals surface area contributed by atoms with Gasteiger partial charge < -0.3 is 15.5 Å². The molecule has 0 aromatic heterocycles. The zero-order valence-corrected chi connectivity index (χ0v) is 16.0. The van der Waals surface area contributed by atoms with Gasteiger partial charge in [-0.3, -0.25) is 9.59 Å². The molecule has 0 spiro atoms. The van der Waals surface area contributed by atoms with Crippen LogP contribution in [-0.4, -0.2) is 49.4 Å². The molecule has 1 unspecified atom stereocenters. The van der Waals surface area contributed by atoms with E-state index in [1.807, 2.05) is 37.1 Å². The largest absolute Gasteiger partial charge is 0.349 e. The quantitative estimate of drug-likeness (QED) is 0.778. The number of nitrogens with zero attached hydrogens (tertiary/aromatic N) is 1. The molecule has 0 aliphatic carbocycles. The van der Waals surface area contributed by atoms with Crippen LogP contribution in [0.2, 0.25) is 0 Å². The average Bonchev–Trinajstić information content (AvgIpc) is 2.61. The lowest BCUT2D eigenvalue weighted by molar-refractivity contribution is -0.133. The monoisotopic (exact) mass is 367 g/mol. The lowest BCUT2D eigenvalue weighted by Gasteiger charge is -2.32. The molecule has 1 heterocycles. The highest BCUT2D eigenvalue weighted by molar-refractivity contribution is 5.94. The number of benzene rings is 1. The van der Waals surface area contributed by atoms with Crippen LogP contribution in [0.4, 0.5) is 0 Å². The average molecular weight is 368 g/mol. The predicted molar refractivity (Wildman–Crippen MR) is 103 cm³/mol. The standard InChI is InChI=1S/C19H29N3O2.ClH/c1-15(21-19(24)17-6-4-3-5-7-17)14-18(23)22-12-9-16(10-13-22)8-11-20-2;/h3-7,15-16,20H,8-14H2,1-2H3,(H,21,24);1H. The summed E-state index contributed by atoms with van der Waals surface area (Å²) < 4.78 is 0. The summed E-state index contributed by atoms with van der Waals surface area (Å²) in [5, 5.41) is 6.09. The maximum absolute atomic E-state index is 12.4. The van der Waals surface area contributed by atoms with E-state index in [2.05, 4.69) is 10.6 Å². The van der Waals surface area contributed by atoms with Crippen molar-refractivity contribution in [3.05, 3.63) is 35.9 Å². The van der Waals surface area contributed by atoms with Crippen molar-refractivity contribution in [2.24, 2.45) is 5.92 Å². The normalized spacial score (nSPS) is 16.0. The SMILES string of the molecule is CNCCC1CCN(C(=O)CC(C)NC(=O)c2ccccc2)CC1.Cl. The lowest BCUT2D eigenvalue weighted by atomic mass is 9.93. The number of likely N-dealkylation sites (tertiary alicyclic amines) is 1. The zero-order valence-electron chi connectivity index (χ0n) is 15.2. The van der Waals surface area contributed by atoms with Gasteiger partial charge in [-0.25, -0.2) is 0 Å². The van der Waals surface area contributed by atoms with Gasteiger partial charge >= 0.3 is 0 Å². The van der Waals surface area contributed by atoms with Gasteiger partial charge in [0.2, 0.25) is 5.91 Å².